The van der Waals surface area contributed by atoms with Crippen LogP contribution in [0.25, 0.3) is 0 Å². The van der Waals surface area contributed by atoms with Gasteiger partial charge in [0.2, 0.25) is 0 Å². The third-order valence-corrected chi connectivity index (χ3v) is 4.20. The lowest BCUT2D eigenvalue weighted by Crippen LogP contribution is -2.19. The van der Waals surface area contributed by atoms with Crippen LogP contribution in [-0.4, -0.2) is 23.0 Å². The molecule has 2 heteroatoms. The second-order valence-corrected chi connectivity index (χ2v) is 6.46. The van der Waals surface area contributed by atoms with Gasteiger partial charge in [-0.3, -0.25) is 4.98 Å². The van der Waals surface area contributed by atoms with Crippen LogP contribution >= 0.6 is 0 Å². The smallest absolute Gasteiger partial charge is 0.0403 e. The second kappa shape index (κ2) is 15.0. The van der Waals surface area contributed by atoms with Gasteiger partial charge in [0.05, 0.1) is 0 Å². The van der Waals surface area contributed by atoms with Crippen LogP contribution in [0.15, 0.2) is 48.8 Å². The zero-order chi connectivity index (χ0) is 17.3. The summed E-state index contributed by atoms with van der Waals surface area (Å²) in [6.07, 6.45) is 22.3. The van der Waals surface area contributed by atoms with Crippen LogP contribution in [0.1, 0.15) is 70.9 Å². The van der Waals surface area contributed by atoms with Gasteiger partial charge in [-0.05, 0) is 43.7 Å². The Kier molecular flexibility index (Phi) is 12.8. The number of hydrogen-bond donors (Lipinski definition) is 0. The molecular formula is C22H36N2. The zero-order valence-electron chi connectivity index (χ0n) is 15.8. The van der Waals surface area contributed by atoms with E-state index in [1.54, 1.807) is 0 Å². The highest BCUT2D eigenvalue weighted by Crippen LogP contribution is 2.07. The molecule has 0 spiro atoms. The third kappa shape index (κ3) is 11.0. The van der Waals surface area contributed by atoms with E-state index in [-0.39, 0.29) is 0 Å². The van der Waals surface area contributed by atoms with Crippen molar-refractivity contribution in [3.63, 3.8) is 0 Å². The lowest BCUT2D eigenvalue weighted by Gasteiger charge is -2.19. The highest BCUT2D eigenvalue weighted by Gasteiger charge is 1.96. The molecule has 2 heterocycles. The van der Waals surface area contributed by atoms with Crippen LogP contribution in [0.4, 0.5) is 0 Å². The second-order valence-electron chi connectivity index (χ2n) is 6.46. The van der Waals surface area contributed by atoms with Crippen LogP contribution < -0.4 is 0 Å². The molecule has 0 N–H and O–H groups in total. The molecule has 1 aliphatic heterocycles. The Labute approximate surface area is 149 Å². The monoisotopic (exact) mass is 328 g/mol. The van der Waals surface area contributed by atoms with E-state index in [0.29, 0.717) is 0 Å². The molecule has 0 saturated carbocycles. The van der Waals surface area contributed by atoms with Gasteiger partial charge in [-0.2, -0.15) is 0 Å². The van der Waals surface area contributed by atoms with Crippen molar-refractivity contribution in [1.29, 1.82) is 0 Å². The maximum atomic E-state index is 4.31. The average Bonchev–Trinajstić information content (AvgIpc) is 2.65. The number of aryl methyl sites for hydroxylation is 1. The Morgan fingerprint density at radius 3 is 2.38 bits per heavy atom. The van der Waals surface area contributed by atoms with Crippen LogP contribution in [0, 0.1) is 0 Å². The van der Waals surface area contributed by atoms with E-state index in [1.165, 1.54) is 63.6 Å². The predicted molar refractivity (Wildman–Crippen MR) is 106 cm³/mol. The van der Waals surface area contributed by atoms with E-state index in [4.69, 9.17) is 0 Å². The first-order valence-electron chi connectivity index (χ1n) is 9.84. The zero-order valence-corrected chi connectivity index (χ0v) is 15.8. The topological polar surface area (TPSA) is 16.1 Å². The number of nitrogens with zero attached hydrogens (tertiary/aromatic N) is 2. The number of pyridine rings is 1. The quantitative estimate of drug-likeness (QED) is 0.478. The Morgan fingerprint density at radius 1 is 0.917 bits per heavy atom. The molecule has 1 aromatic heterocycles. The van der Waals surface area contributed by atoms with Crippen molar-refractivity contribution in [2.45, 2.75) is 71.6 Å². The molecule has 0 unspecified atom stereocenters. The van der Waals surface area contributed by atoms with Crippen molar-refractivity contribution in [3.05, 3.63) is 54.5 Å². The summed E-state index contributed by atoms with van der Waals surface area (Å²) in [5, 5.41) is 0. The van der Waals surface area contributed by atoms with Crippen LogP contribution in [0.3, 0.4) is 0 Å². The van der Waals surface area contributed by atoms with Crippen LogP contribution in [0.2, 0.25) is 0 Å². The van der Waals surface area contributed by atoms with Gasteiger partial charge < -0.3 is 4.90 Å². The van der Waals surface area contributed by atoms with Gasteiger partial charge in [-0.1, -0.05) is 70.6 Å². The molecule has 134 valence electrons. The lowest BCUT2D eigenvalue weighted by atomic mass is 10.1. The normalized spacial score (nSPS) is 12.8. The number of hydrogen-bond acceptors (Lipinski definition) is 2. The molecule has 0 saturated heterocycles. The summed E-state index contributed by atoms with van der Waals surface area (Å²) in [6.45, 7) is 6.78. The molecule has 2 rings (SSSR count). The van der Waals surface area contributed by atoms with Gasteiger partial charge in [0.1, 0.15) is 0 Å². The number of allylic oxidation sites excluding steroid dienone is 2. The van der Waals surface area contributed by atoms with Gasteiger partial charge in [-0.15, -0.1) is 0 Å². The van der Waals surface area contributed by atoms with E-state index in [2.05, 4.69) is 60.3 Å². The standard InChI is InChI=1S/C13H21N.C9H15N/c1-2-3-4-5-6-7-10-13-11-8-9-12-14-13;1-2-3-7-10-8-5-4-6-9-10/h8-9,11-12H,2-7,10H2,1H3;4-6,8H,2-3,7,9H2,1H3. The third-order valence-electron chi connectivity index (χ3n) is 4.20. The van der Waals surface area contributed by atoms with Gasteiger partial charge >= 0.3 is 0 Å². The van der Waals surface area contributed by atoms with Crippen LogP contribution in [0.5, 0.6) is 0 Å². The fraction of sp³-hybridized carbons (Fsp3) is 0.591. The number of rotatable bonds is 10. The SMILES string of the molecule is CCCCCCCCc1ccccn1.CCCCN1C=CC=CC1. The van der Waals surface area contributed by atoms with Gasteiger partial charge in [-0.25, -0.2) is 0 Å². The Balaban J connectivity index is 0.000000254. The fourth-order valence-electron chi connectivity index (χ4n) is 2.67. The van der Waals surface area contributed by atoms with E-state index in [9.17, 15) is 0 Å². The molecule has 2 nitrogen and oxygen atoms in total. The molecule has 0 atom stereocenters. The maximum Gasteiger partial charge on any atom is 0.0403 e. The molecule has 0 bridgehead atoms. The molecule has 0 amide bonds. The van der Waals surface area contributed by atoms with Crippen molar-refractivity contribution in [3.8, 4) is 0 Å². The first kappa shape index (κ1) is 20.5. The van der Waals surface area contributed by atoms with Crippen molar-refractivity contribution in [1.82, 2.24) is 9.88 Å². The summed E-state index contributed by atoms with van der Waals surface area (Å²) >= 11 is 0. The summed E-state index contributed by atoms with van der Waals surface area (Å²) in [7, 11) is 0. The highest BCUT2D eigenvalue weighted by atomic mass is 15.1. The molecular weight excluding hydrogens is 292 g/mol. The summed E-state index contributed by atoms with van der Waals surface area (Å²) in [6, 6.07) is 6.16. The molecule has 1 aliphatic rings. The van der Waals surface area contributed by atoms with E-state index in [1.807, 2.05) is 12.3 Å². The Bertz CT molecular complexity index is 437. The van der Waals surface area contributed by atoms with Gasteiger partial charge in [0.15, 0.2) is 0 Å². The van der Waals surface area contributed by atoms with Crippen molar-refractivity contribution >= 4 is 0 Å². The minimum Gasteiger partial charge on any atom is -0.374 e. The summed E-state index contributed by atoms with van der Waals surface area (Å²) in [5.74, 6) is 0. The molecule has 1 aromatic rings. The minimum absolute atomic E-state index is 1.09. The van der Waals surface area contributed by atoms with Gasteiger partial charge in [0.25, 0.3) is 0 Å². The molecule has 0 aliphatic carbocycles. The van der Waals surface area contributed by atoms with Gasteiger partial charge in [0, 0.05) is 25.0 Å². The van der Waals surface area contributed by atoms with E-state index >= 15 is 0 Å². The largest absolute Gasteiger partial charge is 0.374 e. The first-order chi connectivity index (χ1) is 11.9. The van der Waals surface area contributed by atoms with Crippen molar-refractivity contribution < 1.29 is 0 Å². The summed E-state index contributed by atoms with van der Waals surface area (Å²) in [5.41, 5.74) is 1.24. The molecule has 0 radical (unpaired) electrons. The lowest BCUT2D eigenvalue weighted by molar-refractivity contribution is 0.401. The van der Waals surface area contributed by atoms with E-state index < -0.39 is 0 Å². The fourth-order valence-corrected chi connectivity index (χ4v) is 2.67. The average molecular weight is 329 g/mol. The summed E-state index contributed by atoms with van der Waals surface area (Å²) in [4.78, 5) is 6.65. The number of unbranched alkanes of at least 4 members (excludes halogenated alkanes) is 6. The molecule has 24 heavy (non-hydrogen) atoms. The van der Waals surface area contributed by atoms with Crippen molar-refractivity contribution in [2.75, 3.05) is 13.1 Å². The first-order valence-corrected chi connectivity index (χ1v) is 9.84. The molecule has 0 fully saturated rings. The maximum absolute atomic E-state index is 4.31. The highest BCUT2D eigenvalue weighted by molar-refractivity contribution is 5.08. The minimum atomic E-state index is 1.09. The van der Waals surface area contributed by atoms with E-state index in [0.717, 1.165) is 13.0 Å². The Hall–Kier alpha value is -1.57. The van der Waals surface area contributed by atoms with Crippen LogP contribution in [-0.2, 0) is 6.42 Å². The predicted octanol–water partition coefficient (Wildman–Crippen LogP) is 6.16. The van der Waals surface area contributed by atoms with Crippen molar-refractivity contribution in [2.24, 2.45) is 0 Å². The molecule has 0 aromatic carbocycles. The summed E-state index contributed by atoms with van der Waals surface area (Å²) < 4.78 is 0. The Morgan fingerprint density at radius 2 is 1.71 bits per heavy atom. The number of aromatic nitrogens is 1.